The van der Waals surface area contributed by atoms with Crippen LogP contribution in [0.2, 0.25) is 10.0 Å². The average molecular weight is 396 g/mol. The number of thioether (sulfide) groups is 1. The third-order valence-corrected chi connectivity index (χ3v) is 5.38. The van der Waals surface area contributed by atoms with Crippen molar-refractivity contribution in [1.29, 1.82) is 0 Å². The maximum absolute atomic E-state index is 13.1. The number of nitrogens with zero attached hydrogens (tertiary/aromatic N) is 3. The van der Waals surface area contributed by atoms with Gasteiger partial charge in [-0.15, -0.1) is 10.2 Å². The maximum Gasteiger partial charge on any atom is 0.191 e. The largest absolute Gasteiger partial charge is 0.306 e. The molecule has 0 fully saturated rings. The monoisotopic (exact) mass is 395 g/mol. The molecule has 0 saturated carbocycles. The lowest BCUT2D eigenvalue weighted by atomic mass is 10.1. The minimum atomic E-state index is -0.333. The Morgan fingerprint density at radius 1 is 1.08 bits per heavy atom. The van der Waals surface area contributed by atoms with Gasteiger partial charge < -0.3 is 4.57 Å². The quantitative estimate of drug-likeness (QED) is 0.506. The summed E-state index contributed by atoms with van der Waals surface area (Å²) in [5, 5.41) is 10.6. The minimum Gasteiger partial charge on any atom is -0.306 e. The van der Waals surface area contributed by atoms with E-state index in [4.69, 9.17) is 23.2 Å². The second kappa shape index (κ2) is 8.21. The van der Waals surface area contributed by atoms with Crippen molar-refractivity contribution in [3.8, 4) is 0 Å². The molecule has 3 aromatic rings. The van der Waals surface area contributed by atoms with Crippen LogP contribution in [-0.4, -0.2) is 14.8 Å². The van der Waals surface area contributed by atoms with Crippen molar-refractivity contribution in [2.75, 3.05) is 0 Å². The second-order valence-electron chi connectivity index (χ2n) is 5.47. The summed E-state index contributed by atoms with van der Waals surface area (Å²) in [6.07, 6.45) is 0.690. The standard InChI is InChI=1S/C18H16Cl2FN3S/c1-2-24-17(9-12-3-6-14(19)7-4-12)22-23-18(24)25-11-13-5-8-15(21)10-16(13)20/h3-8,10H,2,9,11H2,1H3. The molecule has 0 aliphatic rings. The molecule has 25 heavy (non-hydrogen) atoms. The van der Waals surface area contributed by atoms with E-state index in [2.05, 4.69) is 21.7 Å². The zero-order chi connectivity index (χ0) is 17.8. The Labute approximate surface area is 160 Å². The van der Waals surface area contributed by atoms with Gasteiger partial charge in [-0.25, -0.2) is 4.39 Å². The summed E-state index contributed by atoms with van der Waals surface area (Å²) in [5.74, 6) is 1.18. The topological polar surface area (TPSA) is 30.7 Å². The summed E-state index contributed by atoms with van der Waals surface area (Å²) in [4.78, 5) is 0. The first-order valence-electron chi connectivity index (χ1n) is 7.80. The molecule has 0 spiro atoms. The minimum absolute atomic E-state index is 0.333. The fourth-order valence-electron chi connectivity index (χ4n) is 2.44. The molecule has 3 rings (SSSR count). The van der Waals surface area contributed by atoms with Gasteiger partial charge in [0.05, 0.1) is 0 Å². The van der Waals surface area contributed by atoms with E-state index in [0.717, 1.165) is 28.7 Å². The zero-order valence-electron chi connectivity index (χ0n) is 13.5. The van der Waals surface area contributed by atoms with Gasteiger partial charge in [0.15, 0.2) is 5.16 Å². The van der Waals surface area contributed by atoms with Gasteiger partial charge in [-0.3, -0.25) is 0 Å². The van der Waals surface area contributed by atoms with Crippen LogP contribution >= 0.6 is 35.0 Å². The first-order valence-corrected chi connectivity index (χ1v) is 9.54. The molecule has 0 saturated heterocycles. The van der Waals surface area contributed by atoms with E-state index in [9.17, 15) is 4.39 Å². The van der Waals surface area contributed by atoms with Crippen LogP contribution in [0.15, 0.2) is 47.6 Å². The van der Waals surface area contributed by atoms with E-state index < -0.39 is 0 Å². The maximum atomic E-state index is 13.1. The molecule has 0 amide bonds. The average Bonchev–Trinajstić information content (AvgIpc) is 2.98. The third-order valence-electron chi connectivity index (χ3n) is 3.76. The van der Waals surface area contributed by atoms with E-state index in [1.165, 1.54) is 23.9 Å². The van der Waals surface area contributed by atoms with Crippen molar-refractivity contribution >= 4 is 35.0 Å². The van der Waals surface area contributed by atoms with Gasteiger partial charge in [0, 0.05) is 28.8 Å². The van der Waals surface area contributed by atoms with Crippen molar-refractivity contribution in [3.63, 3.8) is 0 Å². The van der Waals surface area contributed by atoms with E-state index >= 15 is 0 Å². The Morgan fingerprint density at radius 2 is 1.84 bits per heavy atom. The van der Waals surface area contributed by atoms with Gasteiger partial charge in [-0.2, -0.15) is 0 Å². The number of aromatic nitrogens is 3. The molecular formula is C18H16Cl2FN3S. The highest BCUT2D eigenvalue weighted by Crippen LogP contribution is 2.27. The van der Waals surface area contributed by atoms with Gasteiger partial charge in [0.2, 0.25) is 0 Å². The van der Waals surface area contributed by atoms with Crippen LogP contribution in [-0.2, 0) is 18.7 Å². The van der Waals surface area contributed by atoms with Crippen LogP contribution in [0.3, 0.4) is 0 Å². The van der Waals surface area contributed by atoms with E-state index in [-0.39, 0.29) is 5.82 Å². The van der Waals surface area contributed by atoms with Gasteiger partial charge in [-0.1, -0.05) is 53.2 Å². The molecule has 130 valence electrons. The van der Waals surface area contributed by atoms with Crippen molar-refractivity contribution in [3.05, 3.63) is 75.3 Å². The van der Waals surface area contributed by atoms with Crippen LogP contribution in [0.4, 0.5) is 4.39 Å². The van der Waals surface area contributed by atoms with Crippen LogP contribution in [0.25, 0.3) is 0 Å². The number of hydrogen-bond acceptors (Lipinski definition) is 3. The number of benzene rings is 2. The Kier molecular flexibility index (Phi) is 5.99. The highest BCUT2D eigenvalue weighted by molar-refractivity contribution is 7.98. The predicted octanol–water partition coefficient (Wildman–Crippen LogP) is 5.63. The van der Waals surface area contributed by atoms with Crippen LogP contribution in [0.1, 0.15) is 23.9 Å². The number of rotatable bonds is 6. The molecule has 0 atom stereocenters. The van der Waals surface area contributed by atoms with Crippen LogP contribution in [0.5, 0.6) is 0 Å². The summed E-state index contributed by atoms with van der Waals surface area (Å²) in [7, 11) is 0. The zero-order valence-corrected chi connectivity index (χ0v) is 15.9. The molecular weight excluding hydrogens is 380 g/mol. The fourth-order valence-corrected chi connectivity index (χ4v) is 3.90. The number of halogens is 3. The highest BCUT2D eigenvalue weighted by Gasteiger charge is 2.13. The SMILES string of the molecule is CCn1c(Cc2ccc(Cl)cc2)nnc1SCc1ccc(F)cc1Cl. The highest BCUT2D eigenvalue weighted by atomic mass is 35.5. The Bertz CT molecular complexity index is 865. The summed E-state index contributed by atoms with van der Waals surface area (Å²) >= 11 is 13.6. The molecule has 3 nitrogen and oxygen atoms in total. The summed E-state index contributed by atoms with van der Waals surface area (Å²) in [6.45, 7) is 2.83. The molecule has 0 aliphatic carbocycles. The Hall–Kier alpha value is -1.56. The molecule has 1 aromatic heterocycles. The van der Waals surface area contributed by atoms with E-state index in [1.807, 2.05) is 24.3 Å². The number of hydrogen-bond donors (Lipinski definition) is 0. The fraction of sp³-hybridized carbons (Fsp3) is 0.222. The molecule has 1 heterocycles. The van der Waals surface area contributed by atoms with Gasteiger partial charge >= 0.3 is 0 Å². The van der Waals surface area contributed by atoms with Gasteiger partial charge in [-0.05, 0) is 42.3 Å². The third kappa shape index (κ3) is 4.54. The van der Waals surface area contributed by atoms with E-state index in [0.29, 0.717) is 22.2 Å². The molecule has 7 heteroatoms. The van der Waals surface area contributed by atoms with Crippen LogP contribution in [0, 0.1) is 5.82 Å². The lowest BCUT2D eigenvalue weighted by Gasteiger charge is -2.08. The van der Waals surface area contributed by atoms with E-state index in [1.54, 1.807) is 6.07 Å². The molecule has 0 bridgehead atoms. The molecule has 0 N–H and O–H groups in total. The Morgan fingerprint density at radius 3 is 2.52 bits per heavy atom. The van der Waals surface area contributed by atoms with Gasteiger partial charge in [0.25, 0.3) is 0 Å². The molecule has 2 aromatic carbocycles. The molecule has 0 radical (unpaired) electrons. The first-order chi connectivity index (χ1) is 12.1. The van der Waals surface area contributed by atoms with Crippen molar-refractivity contribution in [1.82, 2.24) is 14.8 Å². The normalized spacial score (nSPS) is 11.0. The molecule has 0 aliphatic heterocycles. The predicted molar refractivity (Wildman–Crippen MR) is 101 cm³/mol. The smallest absolute Gasteiger partial charge is 0.191 e. The van der Waals surface area contributed by atoms with Crippen molar-refractivity contribution in [2.24, 2.45) is 0 Å². The first kappa shape index (κ1) is 18.2. The van der Waals surface area contributed by atoms with Gasteiger partial charge in [0.1, 0.15) is 11.6 Å². The van der Waals surface area contributed by atoms with Crippen molar-refractivity contribution in [2.45, 2.75) is 30.8 Å². The van der Waals surface area contributed by atoms with Crippen LogP contribution < -0.4 is 0 Å². The molecule has 0 unspecified atom stereocenters. The lowest BCUT2D eigenvalue weighted by molar-refractivity contribution is 0.627. The second-order valence-corrected chi connectivity index (χ2v) is 7.26. The summed E-state index contributed by atoms with van der Waals surface area (Å²) < 4.78 is 15.2. The van der Waals surface area contributed by atoms with Crippen molar-refractivity contribution < 1.29 is 4.39 Å². The lowest BCUT2D eigenvalue weighted by Crippen LogP contribution is -2.04. The summed E-state index contributed by atoms with van der Waals surface area (Å²) in [6, 6.07) is 12.2. The summed E-state index contributed by atoms with van der Waals surface area (Å²) in [5.41, 5.74) is 2.00. The Balaban J connectivity index is 1.74.